The van der Waals surface area contributed by atoms with Gasteiger partial charge in [-0.05, 0) is 31.0 Å². The van der Waals surface area contributed by atoms with Crippen molar-refractivity contribution in [1.82, 2.24) is 15.6 Å². The van der Waals surface area contributed by atoms with Gasteiger partial charge < -0.3 is 20.1 Å². The van der Waals surface area contributed by atoms with Crippen molar-refractivity contribution in [2.24, 2.45) is 4.99 Å². The van der Waals surface area contributed by atoms with Crippen molar-refractivity contribution in [3.05, 3.63) is 58.8 Å². The number of hydrogen-bond donors (Lipinski definition) is 2. The molecule has 0 fully saturated rings. The number of hydrogen-bond acceptors (Lipinski definition) is 4. The molecule has 6 heteroatoms. The van der Waals surface area contributed by atoms with Crippen LogP contribution in [0.25, 0.3) is 0 Å². The van der Waals surface area contributed by atoms with E-state index in [4.69, 9.17) is 9.47 Å². The van der Waals surface area contributed by atoms with Gasteiger partial charge in [-0.25, -0.2) is 4.98 Å². The Morgan fingerprint density at radius 2 is 1.85 bits per heavy atom. The van der Waals surface area contributed by atoms with Gasteiger partial charge in [0.25, 0.3) is 0 Å². The van der Waals surface area contributed by atoms with Crippen LogP contribution in [0.2, 0.25) is 0 Å². The van der Waals surface area contributed by atoms with Gasteiger partial charge in [0.15, 0.2) is 5.96 Å². The second-order valence-corrected chi connectivity index (χ2v) is 6.02. The lowest BCUT2D eigenvalue weighted by atomic mass is 10.1. The van der Waals surface area contributed by atoms with E-state index in [0.717, 1.165) is 18.1 Å². The molecule has 2 rings (SSSR count). The summed E-state index contributed by atoms with van der Waals surface area (Å²) in [5, 5.41) is 6.65. The molecular formula is C20H28N4O2. The Morgan fingerprint density at radius 3 is 2.54 bits per heavy atom. The maximum Gasteiger partial charge on any atom is 0.218 e. The van der Waals surface area contributed by atoms with Crippen molar-refractivity contribution in [3.63, 3.8) is 0 Å². The first-order valence-electron chi connectivity index (χ1n) is 8.70. The number of aryl methyl sites for hydroxylation is 2. The minimum atomic E-state index is 0.472. The van der Waals surface area contributed by atoms with Crippen molar-refractivity contribution in [2.75, 3.05) is 27.4 Å². The molecule has 0 aliphatic rings. The van der Waals surface area contributed by atoms with Crippen LogP contribution in [0.4, 0.5) is 0 Å². The highest BCUT2D eigenvalue weighted by Gasteiger charge is 2.06. The molecule has 1 heterocycles. The van der Waals surface area contributed by atoms with Gasteiger partial charge in [-0.15, -0.1) is 0 Å². The molecule has 0 spiro atoms. The Morgan fingerprint density at radius 1 is 1.08 bits per heavy atom. The number of ether oxygens (including phenoxy) is 2. The molecule has 1 aromatic carbocycles. The van der Waals surface area contributed by atoms with Crippen LogP contribution in [0.1, 0.15) is 22.3 Å². The number of benzene rings is 1. The zero-order valence-corrected chi connectivity index (χ0v) is 16.0. The van der Waals surface area contributed by atoms with Crippen LogP contribution in [0.5, 0.6) is 5.88 Å². The molecule has 0 saturated heterocycles. The van der Waals surface area contributed by atoms with Gasteiger partial charge in [0.1, 0.15) is 6.61 Å². The molecule has 0 aliphatic carbocycles. The maximum absolute atomic E-state index is 5.66. The largest absolute Gasteiger partial charge is 0.475 e. The van der Waals surface area contributed by atoms with Crippen molar-refractivity contribution < 1.29 is 9.47 Å². The number of aliphatic imine (C=N–C) groups is 1. The standard InChI is InChI=1S/C20H28N4O2/c1-15-7-8-17(16(2)12-15)13-23-20(21-3)24-14-18-6-5-9-22-19(18)26-11-10-25-4/h5-9,12H,10-11,13-14H2,1-4H3,(H2,21,23,24). The zero-order chi connectivity index (χ0) is 18.8. The fraction of sp³-hybridized carbons (Fsp3) is 0.400. The minimum Gasteiger partial charge on any atom is -0.475 e. The van der Waals surface area contributed by atoms with Gasteiger partial charge in [0.05, 0.1) is 6.61 Å². The number of nitrogens with zero attached hydrogens (tertiary/aromatic N) is 2. The molecule has 1 aromatic heterocycles. The van der Waals surface area contributed by atoms with E-state index in [0.29, 0.717) is 25.6 Å². The van der Waals surface area contributed by atoms with Crippen molar-refractivity contribution in [1.29, 1.82) is 0 Å². The van der Waals surface area contributed by atoms with E-state index < -0.39 is 0 Å². The van der Waals surface area contributed by atoms with E-state index in [-0.39, 0.29) is 0 Å². The Hall–Kier alpha value is -2.60. The summed E-state index contributed by atoms with van der Waals surface area (Å²) in [6, 6.07) is 10.3. The van der Waals surface area contributed by atoms with Crippen LogP contribution < -0.4 is 15.4 Å². The lowest BCUT2D eigenvalue weighted by Gasteiger charge is -2.15. The number of aromatic nitrogens is 1. The molecule has 0 saturated carbocycles. The van der Waals surface area contributed by atoms with E-state index in [1.165, 1.54) is 16.7 Å². The molecule has 0 atom stereocenters. The minimum absolute atomic E-state index is 0.472. The highest BCUT2D eigenvalue weighted by atomic mass is 16.5. The maximum atomic E-state index is 5.66. The number of rotatable bonds is 8. The molecule has 140 valence electrons. The normalized spacial score (nSPS) is 11.3. The average molecular weight is 356 g/mol. The van der Waals surface area contributed by atoms with E-state index >= 15 is 0 Å². The van der Waals surface area contributed by atoms with Crippen LogP contribution in [-0.4, -0.2) is 38.3 Å². The van der Waals surface area contributed by atoms with E-state index in [9.17, 15) is 0 Å². The van der Waals surface area contributed by atoms with Crippen LogP contribution in [0.3, 0.4) is 0 Å². The Balaban J connectivity index is 1.91. The number of nitrogens with one attached hydrogen (secondary N) is 2. The summed E-state index contributed by atoms with van der Waals surface area (Å²) in [5.41, 5.74) is 4.77. The second-order valence-electron chi connectivity index (χ2n) is 6.02. The smallest absolute Gasteiger partial charge is 0.218 e. The fourth-order valence-corrected chi connectivity index (χ4v) is 2.53. The van der Waals surface area contributed by atoms with Gasteiger partial charge in [-0.2, -0.15) is 0 Å². The molecule has 26 heavy (non-hydrogen) atoms. The molecule has 0 radical (unpaired) electrons. The lowest BCUT2D eigenvalue weighted by Crippen LogP contribution is -2.36. The van der Waals surface area contributed by atoms with Crippen LogP contribution in [-0.2, 0) is 17.8 Å². The van der Waals surface area contributed by atoms with E-state index in [1.54, 1.807) is 20.4 Å². The zero-order valence-electron chi connectivity index (χ0n) is 16.0. The predicted molar refractivity (Wildman–Crippen MR) is 105 cm³/mol. The fourth-order valence-electron chi connectivity index (χ4n) is 2.53. The molecule has 2 N–H and O–H groups in total. The number of pyridine rings is 1. The van der Waals surface area contributed by atoms with Crippen LogP contribution >= 0.6 is 0 Å². The molecular weight excluding hydrogens is 328 g/mol. The first-order chi connectivity index (χ1) is 12.6. The summed E-state index contributed by atoms with van der Waals surface area (Å²) < 4.78 is 10.7. The van der Waals surface area contributed by atoms with Crippen LogP contribution in [0, 0.1) is 13.8 Å². The SMILES string of the molecule is CN=C(NCc1ccc(C)cc1C)NCc1cccnc1OCCOC. The summed E-state index contributed by atoms with van der Waals surface area (Å²) in [5.74, 6) is 1.35. The molecule has 0 amide bonds. The topological polar surface area (TPSA) is 67.8 Å². The molecule has 0 unspecified atom stereocenters. The number of methoxy groups -OCH3 is 1. The van der Waals surface area contributed by atoms with Crippen LogP contribution in [0.15, 0.2) is 41.5 Å². The van der Waals surface area contributed by atoms with Crippen molar-refractivity contribution >= 4 is 5.96 Å². The van der Waals surface area contributed by atoms with Crippen molar-refractivity contribution in [2.45, 2.75) is 26.9 Å². The number of guanidine groups is 1. The quantitative estimate of drug-likeness (QED) is 0.432. The Bertz CT molecular complexity index is 732. The van der Waals surface area contributed by atoms with E-state index in [1.807, 2.05) is 12.1 Å². The summed E-state index contributed by atoms with van der Waals surface area (Å²) in [4.78, 5) is 8.57. The first kappa shape index (κ1) is 19.7. The van der Waals surface area contributed by atoms with Gasteiger partial charge in [-0.3, -0.25) is 4.99 Å². The summed E-state index contributed by atoms with van der Waals surface area (Å²) >= 11 is 0. The van der Waals surface area contributed by atoms with Crippen molar-refractivity contribution in [3.8, 4) is 5.88 Å². The van der Waals surface area contributed by atoms with E-state index in [2.05, 4.69) is 52.7 Å². The Labute approximate surface area is 155 Å². The van der Waals surface area contributed by atoms with Gasteiger partial charge >= 0.3 is 0 Å². The third-order valence-corrected chi connectivity index (χ3v) is 3.99. The van der Waals surface area contributed by atoms with Gasteiger partial charge in [0.2, 0.25) is 5.88 Å². The Kier molecular flexibility index (Phi) is 7.89. The lowest BCUT2D eigenvalue weighted by molar-refractivity contribution is 0.143. The average Bonchev–Trinajstić information content (AvgIpc) is 2.64. The molecule has 0 aliphatic heterocycles. The molecule has 6 nitrogen and oxygen atoms in total. The monoisotopic (exact) mass is 356 g/mol. The summed E-state index contributed by atoms with van der Waals surface area (Å²) in [6.07, 6.45) is 1.72. The molecule has 2 aromatic rings. The van der Waals surface area contributed by atoms with Gasteiger partial charge in [-0.1, -0.05) is 29.8 Å². The predicted octanol–water partition coefficient (Wildman–Crippen LogP) is 2.59. The molecule has 0 bridgehead atoms. The summed E-state index contributed by atoms with van der Waals surface area (Å²) in [7, 11) is 3.41. The third kappa shape index (κ3) is 6.04. The first-order valence-corrected chi connectivity index (χ1v) is 8.70. The highest BCUT2D eigenvalue weighted by Crippen LogP contribution is 2.14. The highest BCUT2D eigenvalue weighted by molar-refractivity contribution is 5.79. The summed E-state index contributed by atoms with van der Waals surface area (Å²) in [6.45, 7) is 6.52. The van der Waals surface area contributed by atoms with Gasteiger partial charge in [0, 0.05) is 39.0 Å². The third-order valence-electron chi connectivity index (χ3n) is 3.99. The second kappa shape index (κ2) is 10.4.